The van der Waals surface area contributed by atoms with Gasteiger partial charge in [0.1, 0.15) is 37.4 Å². The van der Waals surface area contributed by atoms with Gasteiger partial charge >= 0.3 is 0 Å². The third-order valence-corrected chi connectivity index (χ3v) is 2.99. The molecule has 0 aliphatic rings. The molecule has 4 heteroatoms. The first-order valence-electron chi connectivity index (χ1n) is 5.91. The Labute approximate surface area is 96.2 Å². The molecule has 2 aromatic rings. The van der Waals surface area contributed by atoms with Crippen LogP contribution in [-0.4, -0.2) is 9.55 Å². The van der Waals surface area contributed by atoms with Gasteiger partial charge in [0.25, 0.3) is 0 Å². The first-order chi connectivity index (χ1) is 7.83. The van der Waals surface area contributed by atoms with Crippen LogP contribution < -0.4 is 9.13 Å². The summed E-state index contributed by atoms with van der Waals surface area (Å²) < 4.78 is 6.67. The lowest BCUT2D eigenvalue weighted by atomic mass is 10.2. The van der Waals surface area contributed by atoms with Crippen molar-refractivity contribution in [2.24, 2.45) is 0 Å². The lowest BCUT2D eigenvalue weighted by molar-refractivity contribution is -0.797. The predicted octanol–water partition coefficient (Wildman–Crippen LogP) is 1.06. The first-order valence-corrected chi connectivity index (χ1v) is 5.91. The lowest BCUT2D eigenvalue weighted by Crippen LogP contribution is -2.46. The average molecular weight is 220 g/mol. The van der Waals surface area contributed by atoms with E-state index in [-0.39, 0.29) is 0 Å². The van der Waals surface area contributed by atoms with Crippen molar-refractivity contribution >= 4 is 0 Å². The van der Waals surface area contributed by atoms with Crippen LogP contribution >= 0.6 is 0 Å². The molecule has 0 saturated heterocycles. The van der Waals surface area contributed by atoms with Gasteiger partial charge in [0.15, 0.2) is 0 Å². The Morgan fingerprint density at radius 3 is 2.75 bits per heavy atom. The summed E-state index contributed by atoms with van der Waals surface area (Å²) in [5, 5.41) is 0. The summed E-state index contributed by atoms with van der Waals surface area (Å²) in [4.78, 5) is 3.10. The topological polar surface area (TPSA) is 28.5 Å². The van der Waals surface area contributed by atoms with Crippen LogP contribution in [0.3, 0.4) is 0 Å². The smallest absolute Gasteiger partial charge is 0.243 e. The fraction of sp³-hybridized carbons (Fsp3) is 0.500. The molecule has 1 atom stereocenters. The van der Waals surface area contributed by atoms with Crippen molar-refractivity contribution < 1.29 is 9.13 Å². The number of aryl methyl sites for hydroxylation is 1. The van der Waals surface area contributed by atoms with Crippen molar-refractivity contribution in [2.45, 2.75) is 39.4 Å². The molecule has 86 valence electrons. The summed E-state index contributed by atoms with van der Waals surface area (Å²) in [5.41, 5.74) is 0. The van der Waals surface area contributed by atoms with Crippen LogP contribution in [0.25, 0.3) is 0 Å². The van der Waals surface area contributed by atoms with Crippen molar-refractivity contribution in [2.75, 3.05) is 0 Å². The number of nitrogens with zero attached hydrogens (tertiary/aromatic N) is 3. The van der Waals surface area contributed by atoms with Gasteiger partial charge in [-0.25, -0.2) is 13.7 Å². The van der Waals surface area contributed by atoms with Crippen molar-refractivity contribution in [3.05, 3.63) is 37.4 Å². The highest BCUT2D eigenvalue weighted by Crippen LogP contribution is 2.01. The largest absolute Gasteiger partial charge is 0.250 e. The monoisotopic (exact) mass is 220 g/mol. The summed E-state index contributed by atoms with van der Waals surface area (Å²) >= 11 is 0. The molecule has 2 heterocycles. The fourth-order valence-electron chi connectivity index (χ4n) is 1.94. The van der Waals surface area contributed by atoms with Crippen LogP contribution in [0.1, 0.15) is 26.3 Å². The number of aromatic nitrogens is 4. The fourth-order valence-corrected chi connectivity index (χ4v) is 1.94. The Morgan fingerprint density at radius 2 is 2.19 bits per heavy atom. The average Bonchev–Trinajstić information content (AvgIpc) is 2.96. The molecule has 16 heavy (non-hydrogen) atoms. The zero-order valence-corrected chi connectivity index (χ0v) is 10.0. The van der Waals surface area contributed by atoms with E-state index in [4.69, 9.17) is 0 Å². The molecule has 0 fully saturated rings. The van der Waals surface area contributed by atoms with E-state index in [2.05, 4.69) is 57.5 Å². The van der Waals surface area contributed by atoms with Crippen LogP contribution in [0.2, 0.25) is 0 Å². The van der Waals surface area contributed by atoms with E-state index in [0.717, 1.165) is 19.5 Å². The Kier molecular flexibility index (Phi) is 3.39. The highest BCUT2D eigenvalue weighted by Gasteiger charge is 2.16. The van der Waals surface area contributed by atoms with Crippen molar-refractivity contribution in [1.29, 1.82) is 0 Å². The lowest BCUT2D eigenvalue weighted by Gasteiger charge is -2.08. The normalized spacial score (nSPS) is 12.9. The molecule has 0 aliphatic heterocycles. The predicted molar refractivity (Wildman–Crippen MR) is 60.6 cm³/mol. The third kappa shape index (κ3) is 2.32. The number of H-pyrrole nitrogens is 1. The van der Waals surface area contributed by atoms with Crippen LogP contribution in [0.5, 0.6) is 0 Å². The molecule has 2 aromatic heterocycles. The van der Waals surface area contributed by atoms with Crippen molar-refractivity contribution in [3.8, 4) is 0 Å². The molecule has 1 N–H and O–H groups in total. The SMILES string of the molecule is CCC(C[n+]1ccn(CC)c1)[n+]1cc[nH]c1. The standard InChI is InChI=1S/C12H19N4/c1-3-12(16-6-5-13-10-16)9-15-8-7-14(4-2)11-15/h5-8,10-12H,3-4,9H2,1-2H3/q+1/p+1. The maximum absolute atomic E-state index is 3.10. The molecule has 0 spiro atoms. The van der Waals surface area contributed by atoms with Gasteiger partial charge in [0.2, 0.25) is 12.7 Å². The summed E-state index contributed by atoms with van der Waals surface area (Å²) in [6, 6.07) is 0.518. The van der Waals surface area contributed by atoms with Gasteiger partial charge in [-0.15, -0.1) is 0 Å². The Bertz CT molecular complexity index is 416. The molecule has 0 radical (unpaired) electrons. The maximum Gasteiger partial charge on any atom is 0.243 e. The minimum absolute atomic E-state index is 0.518. The highest BCUT2D eigenvalue weighted by molar-refractivity contribution is 4.65. The number of hydrogen-bond donors (Lipinski definition) is 1. The summed E-state index contributed by atoms with van der Waals surface area (Å²) in [7, 11) is 0. The Morgan fingerprint density at radius 1 is 1.31 bits per heavy atom. The number of hydrogen-bond acceptors (Lipinski definition) is 0. The Balaban J connectivity index is 2.07. The second kappa shape index (κ2) is 4.96. The summed E-state index contributed by atoms with van der Waals surface area (Å²) in [5.74, 6) is 0. The third-order valence-electron chi connectivity index (χ3n) is 2.99. The minimum Gasteiger partial charge on any atom is -0.250 e. The van der Waals surface area contributed by atoms with E-state index >= 15 is 0 Å². The van der Waals surface area contributed by atoms with Crippen LogP contribution in [-0.2, 0) is 13.1 Å². The molecular formula is C12H20N4+2. The number of nitrogens with one attached hydrogen (secondary N) is 1. The molecule has 1 unspecified atom stereocenters. The van der Waals surface area contributed by atoms with Gasteiger partial charge in [0.05, 0.1) is 6.54 Å². The van der Waals surface area contributed by atoms with Gasteiger partial charge in [-0.2, -0.15) is 0 Å². The number of imidazole rings is 2. The zero-order chi connectivity index (χ0) is 11.4. The van der Waals surface area contributed by atoms with E-state index < -0.39 is 0 Å². The van der Waals surface area contributed by atoms with E-state index in [1.54, 1.807) is 0 Å². The highest BCUT2D eigenvalue weighted by atomic mass is 15.1. The molecule has 2 rings (SSSR count). The van der Waals surface area contributed by atoms with Gasteiger partial charge in [-0.1, -0.05) is 6.92 Å². The van der Waals surface area contributed by atoms with E-state index in [1.807, 2.05) is 12.5 Å². The van der Waals surface area contributed by atoms with Gasteiger partial charge in [0, 0.05) is 0 Å². The van der Waals surface area contributed by atoms with Gasteiger partial charge in [-0.05, 0) is 13.3 Å². The molecule has 0 amide bonds. The molecule has 4 nitrogen and oxygen atoms in total. The molecule has 0 aliphatic carbocycles. The molecule has 0 bridgehead atoms. The van der Waals surface area contributed by atoms with Crippen molar-refractivity contribution in [3.63, 3.8) is 0 Å². The maximum atomic E-state index is 3.10. The Hall–Kier alpha value is -1.58. The molecular weight excluding hydrogens is 200 g/mol. The number of rotatable bonds is 5. The van der Waals surface area contributed by atoms with Crippen LogP contribution in [0.4, 0.5) is 0 Å². The zero-order valence-electron chi connectivity index (χ0n) is 10.0. The summed E-state index contributed by atoms with van der Waals surface area (Å²) in [6.07, 6.45) is 13.6. The van der Waals surface area contributed by atoms with E-state index in [9.17, 15) is 0 Å². The summed E-state index contributed by atoms with van der Waals surface area (Å²) in [6.45, 7) is 6.43. The molecule has 0 saturated carbocycles. The van der Waals surface area contributed by atoms with Gasteiger partial charge in [-0.3, -0.25) is 4.98 Å². The van der Waals surface area contributed by atoms with Crippen LogP contribution in [0, 0.1) is 0 Å². The molecule has 0 aromatic carbocycles. The minimum atomic E-state index is 0.518. The first kappa shape index (κ1) is 10.9. The van der Waals surface area contributed by atoms with Gasteiger partial charge < -0.3 is 0 Å². The second-order valence-electron chi connectivity index (χ2n) is 4.06. The second-order valence-corrected chi connectivity index (χ2v) is 4.06. The van der Waals surface area contributed by atoms with Crippen molar-refractivity contribution in [1.82, 2.24) is 9.55 Å². The van der Waals surface area contributed by atoms with E-state index in [0.29, 0.717) is 6.04 Å². The number of aromatic amines is 1. The van der Waals surface area contributed by atoms with Crippen LogP contribution in [0.15, 0.2) is 37.4 Å². The quantitative estimate of drug-likeness (QED) is 0.730. The van der Waals surface area contributed by atoms with E-state index in [1.165, 1.54) is 0 Å².